The maximum absolute atomic E-state index is 12.1. The van der Waals surface area contributed by atoms with Crippen LogP contribution < -0.4 is 11.1 Å². The van der Waals surface area contributed by atoms with Gasteiger partial charge in [0.2, 0.25) is 0 Å². The molecule has 1 rings (SSSR count). The molecular formula is C13H20BrN3O4S. The van der Waals surface area contributed by atoms with E-state index in [4.69, 9.17) is 15.2 Å². The number of aromatic nitrogens is 1. The third-order valence-corrected chi connectivity index (χ3v) is 4.01. The Morgan fingerprint density at radius 3 is 2.59 bits per heavy atom. The average molecular weight is 394 g/mol. The van der Waals surface area contributed by atoms with Crippen LogP contribution in [0, 0.1) is 0 Å². The van der Waals surface area contributed by atoms with E-state index in [9.17, 15) is 9.59 Å². The predicted octanol–water partition coefficient (Wildman–Crippen LogP) is 2.36. The number of ether oxygens (including phenoxy) is 2. The van der Waals surface area contributed by atoms with E-state index in [0.717, 1.165) is 0 Å². The van der Waals surface area contributed by atoms with Crippen LogP contribution in [0.4, 0.5) is 4.79 Å². The summed E-state index contributed by atoms with van der Waals surface area (Å²) in [7, 11) is 0. The molecule has 0 aliphatic heterocycles. The summed E-state index contributed by atoms with van der Waals surface area (Å²) >= 11 is 4.50. The van der Waals surface area contributed by atoms with Gasteiger partial charge in [-0.1, -0.05) is 0 Å². The first-order valence-electron chi connectivity index (χ1n) is 6.66. The fraction of sp³-hybridized carbons (Fsp3) is 0.615. The lowest BCUT2D eigenvalue weighted by Crippen LogP contribution is -2.50. The van der Waals surface area contributed by atoms with Gasteiger partial charge in [0.15, 0.2) is 6.04 Å². The van der Waals surface area contributed by atoms with Crippen LogP contribution in [0.2, 0.25) is 0 Å². The number of amides is 1. The summed E-state index contributed by atoms with van der Waals surface area (Å²) in [5.74, 6) is -0.632. The molecule has 0 fully saturated rings. The van der Waals surface area contributed by atoms with Gasteiger partial charge in [-0.05, 0) is 43.6 Å². The number of halogens is 1. The summed E-state index contributed by atoms with van der Waals surface area (Å²) in [6.07, 6.45) is -0.739. The second kappa shape index (κ2) is 7.89. The van der Waals surface area contributed by atoms with Crippen LogP contribution in [0.5, 0.6) is 0 Å². The van der Waals surface area contributed by atoms with Crippen molar-refractivity contribution in [3.63, 3.8) is 0 Å². The summed E-state index contributed by atoms with van der Waals surface area (Å²) < 4.78 is 10.7. The number of rotatable bonds is 5. The molecule has 0 radical (unpaired) electrons. The van der Waals surface area contributed by atoms with Crippen LogP contribution in [-0.4, -0.2) is 35.3 Å². The predicted molar refractivity (Wildman–Crippen MR) is 86.5 cm³/mol. The lowest BCUT2D eigenvalue weighted by molar-refractivity contribution is -0.146. The maximum Gasteiger partial charge on any atom is 0.408 e. The second-order valence-corrected chi connectivity index (χ2v) is 7.11. The molecule has 0 bridgehead atoms. The van der Waals surface area contributed by atoms with Crippen molar-refractivity contribution in [3.8, 4) is 0 Å². The van der Waals surface area contributed by atoms with Crippen molar-refractivity contribution in [2.24, 2.45) is 5.73 Å². The monoisotopic (exact) mass is 393 g/mol. The number of nitrogens with zero attached hydrogens (tertiary/aromatic N) is 1. The number of nitrogens with two attached hydrogens (primary N) is 1. The Hall–Kier alpha value is -1.19. The third kappa shape index (κ3) is 5.90. The molecule has 0 aliphatic carbocycles. The molecule has 124 valence electrons. The third-order valence-electron chi connectivity index (χ3n) is 2.35. The molecule has 0 aromatic carbocycles. The molecule has 7 nitrogen and oxygen atoms in total. The van der Waals surface area contributed by atoms with E-state index in [1.807, 2.05) is 0 Å². The molecule has 22 heavy (non-hydrogen) atoms. The van der Waals surface area contributed by atoms with Gasteiger partial charge in [0.1, 0.15) is 15.2 Å². The van der Waals surface area contributed by atoms with E-state index in [-0.39, 0.29) is 6.61 Å². The van der Waals surface area contributed by atoms with Crippen molar-refractivity contribution >= 4 is 39.3 Å². The number of alkyl carbamates (subject to hydrolysis) is 1. The summed E-state index contributed by atoms with van der Waals surface area (Å²) in [6.45, 7) is 7.03. The average Bonchev–Trinajstić information content (AvgIpc) is 2.80. The Morgan fingerprint density at radius 2 is 2.14 bits per heavy atom. The molecule has 0 aliphatic rings. The zero-order valence-corrected chi connectivity index (χ0v) is 15.3. The molecule has 1 aromatic heterocycles. The molecule has 0 saturated heterocycles. The Balaban J connectivity index is 2.88. The highest BCUT2D eigenvalue weighted by Crippen LogP contribution is 2.23. The lowest BCUT2D eigenvalue weighted by Gasteiger charge is -2.25. The maximum atomic E-state index is 12.1. The quantitative estimate of drug-likeness (QED) is 0.744. The minimum Gasteiger partial charge on any atom is -0.464 e. The van der Waals surface area contributed by atoms with Crippen LogP contribution >= 0.6 is 27.3 Å². The summed E-state index contributed by atoms with van der Waals surface area (Å²) in [5, 5.41) is 4.70. The van der Waals surface area contributed by atoms with Gasteiger partial charge in [0, 0.05) is 5.38 Å². The van der Waals surface area contributed by atoms with E-state index in [1.165, 1.54) is 11.3 Å². The first-order valence-corrected chi connectivity index (χ1v) is 8.34. The highest BCUT2D eigenvalue weighted by Gasteiger charge is 2.33. The first kappa shape index (κ1) is 18.9. The van der Waals surface area contributed by atoms with Crippen molar-refractivity contribution in [2.75, 3.05) is 6.61 Å². The van der Waals surface area contributed by atoms with Crippen molar-refractivity contribution in [2.45, 2.75) is 45.4 Å². The van der Waals surface area contributed by atoms with Gasteiger partial charge < -0.3 is 20.5 Å². The van der Waals surface area contributed by atoms with E-state index in [0.29, 0.717) is 9.61 Å². The Morgan fingerprint density at radius 1 is 1.50 bits per heavy atom. The molecular weight excluding hydrogens is 374 g/mol. The summed E-state index contributed by atoms with van der Waals surface area (Å²) in [4.78, 5) is 28.1. The minimum absolute atomic E-state index is 0.180. The molecule has 2 atom stereocenters. The Bertz CT molecular complexity index is 530. The van der Waals surface area contributed by atoms with Gasteiger partial charge in [-0.3, -0.25) is 0 Å². The number of carbonyl (C=O) groups excluding carboxylic acids is 2. The minimum atomic E-state index is -1.08. The fourth-order valence-electron chi connectivity index (χ4n) is 1.52. The van der Waals surface area contributed by atoms with Crippen LogP contribution in [0.1, 0.15) is 38.7 Å². The fourth-order valence-corrected chi connectivity index (χ4v) is 2.83. The second-order valence-electron chi connectivity index (χ2n) is 5.41. The number of thiazole rings is 1. The van der Waals surface area contributed by atoms with Crippen LogP contribution in [-0.2, 0) is 14.3 Å². The standard InChI is InChI=1S/C13H20BrN3O4S/c1-5-20-11(18)9(17-12(19)21-13(2,3)4)8(15)10-16-7(14)6-22-10/h6,8-9H,5,15H2,1-4H3,(H,17,19)/t8-,9-/m0/s1. The molecule has 0 unspecified atom stereocenters. The van der Waals surface area contributed by atoms with E-state index in [2.05, 4.69) is 26.2 Å². The highest BCUT2D eigenvalue weighted by atomic mass is 79.9. The Kier molecular flexibility index (Phi) is 6.76. The molecule has 0 saturated carbocycles. The van der Waals surface area contributed by atoms with Gasteiger partial charge in [0.05, 0.1) is 12.6 Å². The number of nitrogens with one attached hydrogen (secondary N) is 1. The van der Waals surface area contributed by atoms with Crippen molar-refractivity contribution in [1.29, 1.82) is 0 Å². The normalized spacial score (nSPS) is 14.1. The van der Waals surface area contributed by atoms with Crippen LogP contribution in [0.25, 0.3) is 0 Å². The van der Waals surface area contributed by atoms with E-state index < -0.39 is 29.7 Å². The molecule has 1 amide bonds. The lowest BCUT2D eigenvalue weighted by atomic mass is 10.1. The van der Waals surface area contributed by atoms with Crippen molar-refractivity contribution in [3.05, 3.63) is 15.0 Å². The largest absolute Gasteiger partial charge is 0.464 e. The van der Waals surface area contributed by atoms with Gasteiger partial charge >= 0.3 is 12.1 Å². The highest BCUT2D eigenvalue weighted by molar-refractivity contribution is 9.10. The summed E-state index contributed by atoms with van der Waals surface area (Å²) in [5.41, 5.74) is 5.37. The van der Waals surface area contributed by atoms with Crippen molar-refractivity contribution < 1.29 is 19.1 Å². The number of carbonyl (C=O) groups is 2. The molecule has 1 heterocycles. The summed E-state index contributed by atoms with van der Waals surface area (Å²) in [6, 6.07) is -1.91. The SMILES string of the molecule is CCOC(=O)[C@@H](NC(=O)OC(C)(C)C)[C@H](N)c1nc(Br)cs1. The molecule has 0 spiro atoms. The van der Waals surface area contributed by atoms with E-state index in [1.54, 1.807) is 33.1 Å². The number of hydrogen-bond donors (Lipinski definition) is 2. The number of hydrogen-bond acceptors (Lipinski definition) is 7. The van der Waals surface area contributed by atoms with Gasteiger partial charge in [-0.25, -0.2) is 14.6 Å². The topological polar surface area (TPSA) is 104 Å². The number of esters is 1. The van der Waals surface area contributed by atoms with E-state index >= 15 is 0 Å². The molecule has 9 heteroatoms. The van der Waals surface area contributed by atoms with Crippen LogP contribution in [0.3, 0.4) is 0 Å². The first-order chi connectivity index (χ1) is 10.1. The van der Waals surface area contributed by atoms with Gasteiger partial charge in [0.25, 0.3) is 0 Å². The molecule has 1 aromatic rings. The van der Waals surface area contributed by atoms with Crippen molar-refractivity contribution in [1.82, 2.24) is 10.3 Å². The van der Waals surface area contributed by atoms with Crippen LogP contribution in [0.15, 0.2) is 9.98 Å². The van der Waals surface area contributed by atoms with Gasteiger partial charge in [-0.15, -0.1) is 11.3 Å². The van der Waals surface area contributed by atoms with Gasteiger partial charge in [-0.2, -0.15) is 0 Å². The zero-order chi connectivity index (χ0) is 16.9. The zero-order valence-electron chi connectivity index (χ0n) is 12.9. The molecule has 3 N–H and O–H groups in total. The Labute approximate surface area is 141 Å². The smallest absolute Gasteiger partial charge is 0.408 e.